The second-order valence-electron chi connectivity index (χ2n) is 6.52. The summed E-state index contributed by atoms with van der Waals surface area (Å²) < 4.78 is 5.15. The molecule has 1 aliphatic carbocycles. The molecule has 1 rings (SSSR count). The summed E-state index contributed by atoms with van der Waals surface area (Å²) in [5.74, 6) is 1.78. The fourth-order valence-corrected chi connectivity index (χ4v) is 3.50. The Bertz CT molecular complexity index is 235. The molecule has 0 aliphatic heterocycles. The van der Waals surface area contributed by atoms with Crippen molar-refractivity contribution in [3.8, 4) is 0 Å². The van der Waals surface area contributed by atoms with E-state index in [0.717, 1.165) is 37.5 Å². The number of rotatable bonds is 10. The molecule has 0 aromatic carbocycles. The molecule has 0 spiro atoms. The van der Waals surface area contributed by atoms with E-state index in [4.69, 9.17) is 4.74 Å². The van der Waals surface area contributed by atoms with E-state index in [2.05, 4.69) is 31.1 Å². The summed E-state index contributed by atoms with van der Waals surface area (Å²) in [5.41, 5.74) is 0. The van der Waals surface area contributed by atoms with Gasteiger partial charge in [-0.2, -0.15) is 0 Å². The Kier molecular flexibility index (Phi) is 9.49. The van der Waals surface area contributed by atoms with Gasteiger partial charge < -0.3 is 15.0 Å². The maximum atomic E-state index is 5.15. The van der Waals surface area contributed by atoms with Crippen molar-refractivity contribution >= 4 is 0 Å². The van der Waals surface area contributed by atoms with Gasteiger partial charge in [0.05, 0.1) is 0 Å². The van der Waals surface area contributed by atoms with Crippen LogP contribution in [0.15, 0.2) is 0 Å². The molecule has 0 radical (unpaired) electrons. The zero-order valence-corrected chi connectivity index (χ0v) is 14.2. The topological polar surface area (TPSA) is 24.5 Å². The Morgan fingerprint density at radius 1 is 1.25 bits per heavy atom. The molecule has 1 fully saturated rings. The van der Waals surface area contributed by atoms with Crippen LogP contribution in [0.25, 0.3) is 0 Å². The Morgan fingerprint density at radius 3 is 2.70 bits per heavy atom. The van der Waals surface area contributed by atoms with Gasteiger partial charge in [0.15, 0.2) is 0 Å². The number of nitrogens with zero attached hydrogens (tertiary/aromatic N) is 1. The van der Waals surface area contributed by atoms with Crippen LogP contribution in [0, 0.1) is 11.8 Å². The summed E-state index contributed by atoms with van der Waals surface area (Å²) in [5, 5.41) is 3.79. The zero-order valence-electron chi connectivity index (χ0n) is 14.2. The molecule has 0 amide bonds. The van der Waals surface area contributed by atoms with Crippen molar-refractivity contribution in [2.24, 2.45) is 11.8 Å². The van der Waals surface area contributed by atoms with Crippen molar-refractivity contribution < 1.29 is 4.74 Å². The summed E-state index contributed by atoms with van der Waals surface area (Å²) in [4.78, 5) is 2.50. The van der Waals surface area contributed by atoms with Crippen LogP contribution in [0.2, 0.25) is 0 Å². The lowest BCUT2D eigenvalue weighted by Crippen LogP contribution is -2.45. The van der Waals surface area contributed by atoms with Crippen molar-refractivity contribution in [2.75, 3.05) is 40.4 Å². The minimum absolute atomic E-state index is 0.739. The zero-order chi connectivity index (χ0) is 14.8. The molecule has 3 atom stereocenters. The maximum Gasteiger partial charge on any atom is 0.0474 e. The lowest BCUT2D eigenvalue weighted by molar-refractivity contribution is 0.138. The quantitative estimate of drug-likeness (QED) is 0.624. The van der Waals surface area contributed by atoms with Gasteiger partial charge in [0, 0.05) is 32.8 Å². The predicted molar refractivity (Wildman–Crippen MR) is 87.2 cm³/mol. The normalized spacial score (nSPS) is 27.1. The average Bonchev–Trinajstić information content (AvgIpc) is 2.46. The first-order chi connectivity index (χ1) is 9.71. The smallest absolute Gasteiger partial charge is 0.0474 e. The van der Waals surface area contributed by atoms with Crippen LogP contribution in [0.3, 0.4) is 0 Å². The number of methoxy groups -OCH3 is 1. The molecule has 3 heteroatoms. The molecule has 0 aromatic rings. The molecule has 0 bridgehead atoms. The highest BCUT2D eigenvalue weighted by Crippen LogP contribution is 2.31. The van der Waals surface area contributed by atoms with E-state index in [9.17, 15) is 0 Å². The van der Waals surface area contributed by atoms with Crippen LogP contribution in [0.5, 0.6) is 0 Å². The minimum atomic E-state index is 0.739. The van der Waals surface area contributed by atoms with Crippen molar-refractivity contribution in [3.05, 3.63) is 0 Å². The fourth-order valence-electron chi connectivity index (χ4n) is 3.50. The molecule has 120 valence electrons. The number of ether oxygens (including phenoxy) is 1. The summed E-state index contributed by atoms with van der Waals surface area (Å²) in [6.45, 7) is 9.05. The average molecular weight is 284 g/mol. The highest BCUT2D eigenvalue weighted by atomic mass is 16.5. The van der Waals surface area contributed by atoms with Gasteiger partial charge in [-0.05, 0) is 57.5 Å². The first kappa shape index (κ1) is 17.9. The Hall–Kier alpha value is -0.120. The lowest BCUT2D eigenvalue weighted by Gasteiger charge is -2.38. The van der Waals surface area contributed by atoms with Gasteiger partial charge in [0.1, 0.15) is 0 Å². The molecule has 0 saturated heterocycles. The number of hydrogen-bond donors (Lipinski definition) is 1. The van der Waals surface area contributed by atoms with Gasteiger partial charge in [-0.15, -0.1) is 0 Å². The van der Waals surface area contributed by atoms with Gasteiger partial charge in [-0.25, -0.2) is 0 Å². The van der Waals surface area contributed by atoms with Crippen molar-refractivity contribution in [2.45, 2.75) is 58.4 Å². The molecular weight excluding hydrogens is 248 g/mol. The number of nitrogens with one attached hydrogen (secondary N) is 1. The standard InChI is InChI=1S/C17H36N2O/c1-5-10-18-17-9-8-15(6-2)13-16(17)14-19(3)11-7-12-20-4/h15-18H,5-14H2,1-4H3. The third kappa shape index (κ3) is 6.55. The van der Waals surface area contributed by atoms with Crippen LogP contribution in [-0.2, 0) is 4.74 Å². The van der Waals surface area contributed by atoms with E-state index in [1.165, 1.54) is 45.2 Å². The molecule has 1 aliphatic rings. The summed E-state index contributed by atoms with van der Waals surface area (Å²) in [6, 6.07) is 0.739. The molecule has 1 N–H and O–H groups in total. The number of hydrogen-bond acceptors (Lipinski definition) is 3. The third-order valence-electron chi connectivity index (χ3n) is 4.76. The SMILES string of the molecule is CCCNC1CCC(CC)CC1CN(C)CCCOC. The van der Waals surface area contributed by atoms with E-state index >= 15 is 0 Å². The summed E-state index contributed by atoms with van der Waals surface area (Å²) in [7, 11) is 4.06. The highest BCUT2D eigenvalue weighted by Gasteiger charge is 2.29. The van der Waals surface area contributed by atoms with E-state index < -0.39 is 0 Å². The second kappa shape index (κ2) is 10.6. The third-order valence-corrected chi connectivity index (χ3v) is 4.76. The highest BCUT2D eigenvalue weighted by molar-refractivity contribution is 4.86. The van der Waals surface area contributed by atoms with Gasteiger partial charge in [-0.3, -0.25) is 0 Å². The Morgan fingerprint density at radius 2 is 2.05 bits per heavy atom. The van der Waals surface area contributed by atoms with E-state index in [0.29, 0.717) is 0 Å². The summed E-state index contributed by atoms with van der Waals surface area (Å²) >= 11 is 0. The van der Waals surface area contributed by atoms with Crippen LogP contribution in [0.1, 0.15) is 52.4 Å². The predicted octanol–water partition coefficient (Wildman–Crippen LogP) is 3.15. The molecule has 3 nitrogen and oxygen atoms in total. The lowest BCUT2D eigenvalue weighted by atomic mass is 9.76. The van der Waals surface area contributed by atoms with Crippen LogP contribution < -0.4 is 5.32 Å². The largest absolute Gasteiger partial charge is 0.385 e. The maximum absolute atomic E-state index is 5.15. The van der Waals surface area contributed by atoms with Crippen molar-refractivity contribution in [3.63, 3.8) is 0 Å². The van der Waals surface area contributed by atoms with Gasteiger partial charge in [0.2, 0.25) is 0 Å². The molecule has 0 heterocycles. The molecule has 20 heavy (non-hydrogen) atoms. The van der Waals surface area contributed by atoms with Crippen molar-refractivity contribution in [1.82, 2.24) is 10.2 Å². The van der Waals surface area contributed by atoms with E-state index in [1.54, 1.807) is 7.11 Å². The molecule has 1 saturated carbocycles. The van der Waals surface area contributed by atoms with Crippen LogP contribution in [0.4, 0.5) is 0 Å². The Labute approximate surface area is 126 Å². The van der Waals surface area contributed by atoms with Gasteiger partial charge in [-0.1, -0.05) is 20.3 Å². The van der Waals surface area contributed by atoms with Gasteiger partial charge in [0.25, 0.3) is 0 Å². The monoisotopic (exact) mass is 284 g/mol. The minimum Gasteiger partial charge on any atom is -0.385 e. The second-order valence-corrected chi connectivity index (χ2v) is 6.52. The fraction of sp³-hybridized carbons (Fsp3) is 1.00. The van der Waals surface area contributed by atoms with E-state index in [1.807, 2.05) is 0 Å². The molecular formula is C17H36N2O. The molecule has 0 aromatic heterocycles. The Balaban J connectivity index is 2.41. The molecule has 3 unspecified atom stereocenters. The van der Waals surface area contributed by atoms with Crippen LogP contribution in [-0.4, -0.2) is 51.3 Å². The first-order valence-electron chi connectivity index (χ1n) is 8.62. The summed E-state index contributed by atoms with van der Waals surface area (Å²) in [6.07, 6.45) is 7.93. The van der Waals surface area contributed by atoms with Crippen molar-refractivity contribution in [1.29, 1.82) is 0 Å². The van der Waals surface area contributed by atoms with E-state index in [-0.39, 0.29) is 0 Å². The first-order valence-corrected chi connectivity index (χ1v) is 8.62. The van der Waals surface area contributed by atoms with Crippen LogP contribution >= 0.6 is 0 Å². The van der Waals surface area contributed by atoms with Gasteiger partial charge >= 0.3 is 0 Å².